The molecule has 0 aromatic heterocycles. The van der Waals surface area contributed by atoms with Crippen LogP contribution in [0.1, 0.15) is 22.8 Å². The molecular weight excluding hydrogens is 1020 g/mol. The van der Waals surface area contributed by atoms with Crippen LogP contribution < -0.4 is 9.47 Å². The number of phenolic OH excluding ortho intramolecular Hbond substituents is 3. The Morgan fingerprint density at radius 2 is 1.09 bits per heavy atom. The van der Waals surface area contributed by atoms with E-state index in [0.717, 1.165) is 24.3 Å². The van der Waals surface area contributed by atoms with Crippen LogP contribution in [0.3, 0.4) is 0 Å². The first kappa shape index (κ1) is 56.6. The van der Waals surface area contributed by atoms with Gasteiger partial charge in [-0.15, -0.1) is 0 Å². The van der Waals surface area contributed by atoms with Gasteiger partial charge in [-0.05, 0) is 42.0 Å². The van der Waals surface area contributed by atoms with E-state index in [2.05, 4.69) is 4.74 Å². The largest absolute Gasteiger partial charge is 0.571 e. The zero-order valence-electron chi connectivity index (χ0n) is 39.5. The zero-order valence-corrected chi connectivity index (χ0v) is 39.5. The van der Waals surface area contributed by atoms with Crippen LogP contribution in [0.4, 0.5) is 0 Å². The number of hydrogen-bond acceptors (Lipinski definition) is 27. The monoisotopic (exact) mass is 1080 g/mol. The van der Waals surface area contributed by atoms with E-state index in [1.807, 2.05) is 0 Å². The molecule has 0 bridgehead atoms. The molecule has 0 radical (unpaired) electrons. The smallest absolute Gasteiger partial charge is 0.330 e. The summed E-state index contributed by atoms with van der Waals surface area (Å²) in [6.45, 7) is -3.16. The first-order valence-electron chi connectivity index (χ1n) is 23.6. The summed E-state index contributed by atoms with van der Waals surface area (Å²) in [5.74, 6) is -3.13. The second-order valence-electron chi connectivity index (χ2n) is 18.3. The maximum absolute atomic E-state index is 13.1. The summed E-state index contributed by atoms with van der Waals surface area (Å²) < 4.78 is 56.4. The van der Waals surface area contributed by atoms with Gasteiger partial charge in [0.25, 0.3) is 11.9 Å². The maximum atomic E-state index is 13.1. The lowest BCUT2D eigenvalue weighted by atomic mass is 9.97. The maximum Gasteiger partial charge on any atom is 0.330 e. The number of fused-ring (bicyclic) bond motifs is 1. The average Bonchev–Trinajstić information content (AvgIpc) is 3.42. The van der Waals surface area contributed by atoms with E-state index in [9.17, 15) is 91.6 Å². The molecule has 4 saturated heterocycles. The molecule has 21 atom stereocenters. The van der Waals surface area contributed by atoms with Crippen LogP contribution in [0, 0.1) is 0 Å². The van der Waals surface area contributed by atoms with E-state index in [1.54, 1.807) is 0 Å². The van der Waals surface area contributed by atoms with Gasteiger partial charge < -0.3 is 134 Å². The Bertz CT molecular complexity index is 2500. The van der Waals surface area contributed by atoms with Crippen LogP contribution >= 0.6 is 0 Å². The zero-order chi connectivity index (χ0) is 54.9. The van der Waals surface area contributed by atoms with Crippen molar-refractivity contribution >= 4 is 18.1 Å². The van der Waals surface area contributed by atoms with Crippen molar-refractivity contribution in [2.24, 2.45) is 0 Å². The fourth-order valence-corrected chi connectivity index (χ4v) is 8.79. The van der Waals surface area contributed by atoms with Gasteiger partial charge in [-0.25, -0.2) is 4.79 Å². The number of aliphatic hydroxyl groups excluding tert-OH is 14. The molecule has 4 fully saturated rings. The molecule has 18 N–H and O–H groups in total. The highest BCUT2D eigenvalue weighted by atomic mass is 16.8. The third-order valence-electron chi connectivity index (χ3n) is 13.2. The van der Waals surface area contributed by atoms with Crippen LogP contribution in [0.2, 0.25) is 0 Å². The van der Waals surface area contributed by atoms with Gasteiger partial charge in [0.05, 0.1) is 31.5 Å². The molecule has 0 aliphatic carbocycles. The predicted octanol–water partition coefficient (Wildman–Crippen LogP) is -5.60. The van der Waals surface area contributed by atoms with Crippen LogP contribution in [-0.4, -0.2) is 247 Å². The Morgan fingerprint density at radius 3 is 1.67 bits per heavy atom. The molecule has 28 nitrogen and oxygen atoms in total. The first-order valence-corrected chi connectivity index (χ1v) is 23.6. The van der Waals surface area contributed by atoms with Crippen LogP contribution in [0.15, 0.2) is 66.4 Å². The molecule has 28 heteroatoms. The summed E-state index contributed by atoms with van der Waals surface area (Å²) in [6, 6.07) is 11.6. The van der Waals surface area contributed by atoms with E-state index in [1.165, 1.54) is 48.6 Å². The number of carbonyl (C=O) groups excluding carboxylic acids is 1. The minimum atomic E-state index is -2.11. The van der Waals surface area contributed by atoms with Crippen LogP contribution in [-0.2, 0) is 38.0 Å². The van der Waals surface area contributed by atoms with Gasteiger partial charge in [0.1, 0.15) is 121 Å². The normalized spacial score (nSPS) is 37.6. The summed E-state index contributed by atoms with van der Waals surface area (Å²) in [5.41, 5.74) is 0.466. The lowest BCUT2D eigenvalue weighted by Gasteiger charge is -2.46. The number of ether oxygens (including phenoxy) is 10. The quantitative estimate of drug-likeness (QED) is 0.0275. The van der Waals surface area contributed by atoms with Gasteiger partial charge in [0, 0.05) is 18.2 Å². The standard InChI is InChI=1S/C48H58O28/c49-13-27-32(56)36(60)40(64)45(72-27)68-20-5-1-17(2-6-20)3-8-31(55)67-16-30-35(59)39(63)44(76-47-42(66)38(62)34(58)29(15-51)74-47)48(75-30)71-26-12-21-24(69-43(26)18-4-7-22(53)23(54)9-18)10-19(52)11-25(21)70-46-41(65)37(61)33(57)28(14-50)73-46/h1-12,27-30,32-54,56-66H,13-16H2/p+1. The van der Waals surface area contributed by atoms with Crippen LogP contribution in [0.25, 0.3) is 12.2 Å². The van der Waals surface area contributed by atoms with Gasteiger partial charge in [0.2, 0.25) is 18.9 Å². The first-order chi connectivity index (χ1) is 36.2. The summed E-state index contributed by atoms with van der Waals surface area (Å²) in [6.07, 6.45) is -33.3. The number of aromatic hydroxyl groups is 4. The van der Waals surface area contributed by atoms with E-state index < -0.39 is 179 Å². The van der Waals surface area contributed by atoms with E-state index >= 15 is 0 Å². The van der Waals surface area contributed by atoms with Gasteiger partial charge in [-0.3, -0.25) is 0 Å². The van der Waals surface area contributed by atoms with E-state index in [0.29, 0.717) is 5.56 Å². The fraction of sp³-hybridized carbons (Fsp3) is 0.521. The molecule has 0 amide bonds. The minimum Gasteiger partial charge on any atom is -0.571 e. The predicted molar refractivity (Wildman–Crippen MR) is 246 cm³/mol. The number of esters is 1. The van der Waals surface area contributed by atoms with Gasteiger partial charge in [0.15, 0.2) is 29.7 Å². The molecule has 3 aromatic rings. The molecular formula is C48H59O28+. The highest BCUT2D eigenvalue weighted by molar-refractivity contribution is 5.87. The fourth-order valence-electron chi connectivity index (χ4n) is 8.79. The summed E-state index contributed by atoms with van der Waals surface area (Å²) in [4.78, 5) is 13.1. The number of carbonyl (C=O) groups is 1. The highest BCUT2D eigenvalue weighted by Gasteiger charge is 2.53. The lowest BCUT2D eigenvalue weighted by molar-refractivity contribution is -0.364. The second kappa shape index (κ2) is 24.0. The van der Waals surface area contributed by atoms with E-state index in [4.69, 9.17) is 42.6 Å². The molecule has 21 unspecified atom stereocenters. The van der Waals surface area contributed by atoms with Crippen molar-refractivity contribution in [3.8, 4) is 34.5 Å². The van der Waals surface area contributed by atoms with Crippen molar-refractivity contribution in [2.45, 2.75) is 129 Å². The molecule has 5 aliphatic rings. The molecule has 0 saturated carbocycles. The topological polar surface area (TPSA) is 457 Å². The summed E-state index contributed by atoms with van der Waals surface area (Å²) in [5, 5.41) is 178. The Kier molecular flexibility index (Phi) is 17.9. The molecule has 418 valence electrons. The highest BCUT2D eigenvalue weighted by Crippen LogP contribution is 2.48. The van der Waals surface area contributed by atoms with Crippen LogP contribution in [0.5, 0.6) is 34.5 Å². The number of phenols is 3. The van der Waals surface area contributed by atoms with Crippen molar-refractivity contribution < 1.29 is 139 Å². The molecule has 8 rings (SSSR count). The Hall–Kier alpha value is -5.55. The molecule has 76 heavy (non-hydrogen) atoms. The number of aliphatic hydroxyl groups is 15. The molecule has 0 spiro atoms. The second-order valence-corrected chi connectivity index (χ2v) is 18.3. The Balaban J connectivity index is 1.06. The number of benzene rings is 3. The summed E-state index contributed by atoms with van der Waals surface area (Å²) >= 11 is 0. The number of rotatable bonds is 16. The average molecular weight is 1080 g/mol. The van der Waals surface area contributed by atoms with Crippen molar-refractivity contribution in [1.82, 2.24) is 0 Å². The Labute approximate surface area is 429 Å². The van der Waals surface area contributed by atoms with Crippen molar-refractivity contribution in [1.29, 1.82) is 0 Å². The summed E-state index contributed by atoms with van der Waals surface area (Å²) in [7, 11) is 0. The van der Waals surface area contributed by atoms with E-state index in [-0.39, 0.29) is 34.1 Å². The third kappa shape index (κ3) is 11.9. The minimum absolute atomic E-state index is 0.0416. The van der Waals surface area contributed by atoms with Gasteiger partial charge in [-0.1, -0.05) is 12.1 Å². The van der Waals surface area contributed by atoms with Crippen molar-refractivity contribution in [3.05, 3.63) is 83.1 Å². The third-order valence-corrected chi connectivity index (χ3v) is 13.2. The van der Waals surface area contributed by atoms with Gasteiger partial charge >= 0.3 is 5.97 Å². The molecule has 3 aromatic carbocycles. The molecule has 5 heterocycles. The SMILES string of the molecule is O=C(C=Cc1ccc(OC2OC(CO)C(O)C(O)C2O)cc1)OCC1OC(OC2=Cc3c(OC4OC(CO)C(O)C(O)C4O)cc(O)cc3[OH+]C2c2ccc(O)c(O)c2)C(OC2OC(CO)C(O)C(O)C2O)C(O)C1O. The van der Waals surface area contributed by atoms with Crippen molar-refractivity contribution in [2.75, 3.05) is 26.4 Å². The van der Waals surface area contributed by atoms with Gasteiger partial charge in [-0.2, -0.15) is 0 Å². The van der Waals surface area contributed by atoms with Crippen molar-refractivity contribution in [3.63, 3.8) is 0 Å². The Morgan fingerprint density at radius 1 is 0.553 bits per heavy atom. The lowest BCUT2D eigenvalue weighted by Crippen LogP contribution is -2.64. The molecule has 5 aliphatic heterocycles. The number of hydrogen-bond donors (Lipinski definition) is 17.